The maximum atomic E-state index is 6.65. The topological polar surface area (TPSA) is 92.1 Å². The van der Waals surface area contributed by atoms with E-state index in [2.05, 4.69) is 69.7 Å². The first-order chi connectivity index (χ1) is 20.2. The molecule has 5 rings (SSSR count). The number of nitrogens with zero attached hydrogens (tertiary/aromatic N) is 4. The molecule has 43 heavy (non-hydrogen) atoms. The van der Waals surface area contributed by atoms with Crippen LogP contribution in [0, 0.1) is 45.5 Å². The van der Waals surface area contributed by atoms with E-state index in [1.807, 2.05) is 0 Å². The minimum absolute atomic E-state index is 0. The predicted molar refractivity (Wildman–Crippen MR) is 162 cm³/mol. The number of benzene rings is 2. The predicted octanol–water partition coefficient (Wildman–Crippen LogP) is 3.67. The molecular formula is C32H45N5O5U. The van der Waals surface area contributed by atoms with Gasteiger partial charge < -0.3 is 48.3 Å². The summed E-state index contributed by atoms with van der Waals surface area (Å²) in [6.45, 7) is 11.4. The van der Waals surface area contributed by atoms with Gasteiger partial charge in [0.05, 0.1) is 64.0 Å². The molecule has 2 aromatic carbocycles. The molecule has 1 unspecified atom stereocenters. The molecule has 11 heteroatoms. The molecule has 232 valence electrons. The molecule has 0 aliphatic carbocycles. The van der Waals surface area contributed by atoms with E-state index in [4.69, 9.17) is 23.7 Å². The number of anilines is 1. The van der Waals surface area contributed by atoms with Crippen LogP contribution in [0.3, 0.4) is 0 Å². The normalized spacial score (nSPS) is 19.6. The Labute approximate surface area is 280 Å². The van der Waals surface area contributed by atoms with Gasteiger partial charge in [-0.1, -0.05) is 30.3 Å². The molecule has 10 nitrogen and oxygen atoms in total. The van der Waals surface area contributed by atoms with E-state index in [9.17, 15) is 0 Å². The minimum atomic E-state index is -0.0628. The van der Waals surface area contributed by atoms with Crippen molar-refractivity contribution in [3.05, 3.63) is 86.2 Å². The molecule has 0 radical (unpaired) electrons. The van der Waals surface area contributed by atoms with Crippen LogP contribution in [0.25, 0.3) is 0 Å². The first kappa shape index (κ1) is 35.5. The van der Waals surface area contributed by atoms with Crippen LogP contribution in [0.5, 0.6) is 5.75 Å². The number of aromatic nitrogens is 3. The zero-order valence-corrected chi connectivity index (χ0v) is 29.6. The smallest absolute Gasteiger partial charge is 0.490 e. The zero-order chi connectivity index (χ0) is 28.3. The first-order valence-electron chi connectivity index (χ1n) is 14.5. The summed E-state index contributed by atoms with van der Waals surface area (Å²) in [7, 11) is 1.68. The number of hydrogen-bond acceptors (Lipinski definition) is 9. The van der Waals surface area contributed by atoms with E-state index in [-0.39, 0.29) is 56.7 Å². The fraction of sp³-hybridized carbons (Fsp3) is 0.500. The first-order valence-corrected chi connectivity index (χ1v) is 14.5. The van der Waals surface area contributed by atoms with Crippen LogP contribution in [0.1, 0.15) is 29.0 Å². The van der Waals surface area contributed by atoms with Crippen LogP contribution in [0.2, 0.25) is 0 Å². The van der Waals surface area contributed by atoms with Crippen LogP contribution in [0.15, 0.2) is 55.1 Å². The molecule has 2 aliphatic heterocycles. The SMILES string of the molecule is [CH2-]CCN1CCOc2ccc(CO[C@H]3CNC[C@@H](OCCn4cncn4)C3c3ccc(COCCOC)cc3)cc21.[CH3-].[U+2]. The van der Waals surface area contributed by atoms with Gasteiger partial charge in [0, 0.05) is 26.1 Å². The van der Waals surface area contributed by atoms with E-state index < -0.39 is 0 Å². The monoisotopic (exact) mass is 817 g/mol. The molecular weight excluding hydrogens is 772 g/mol. The van der Waals surface area contributed by atoms with Gasteiger partial charge in [0.1, 0.15) is 25.0 Å². The van der Waals surface area contributed by atoms with Gasteiger partial charge in [-0.25, -0.2) is 4.98 Å². The molecule has 3 heterocycles. The van der Waals surface area contributed by atoms with E-state index in [1.165, 1.54) is 5.56 Å². The van der Waals surface area contributed by atoms with Crippen molar-refractivity contribution in [3.63, 3.8) is 0 Å². The number of methoxy groups -OCH3 is 1. The van der Waals surface area contributed by atoms with Crippen molar-refractivity contribution < 1.29 is 54.8 Å². The third-order valence-corrected chi connectivity index (χ3v) is 7.55. The van der Waals surface area contributed by atoms with E-state index in [1.54, 1.807) is 24.4 Å². The van der Waals surface area contributed by atoms with Crippen molar-refractivity contribution in [1.29, 1.82) is 0 Å². The Bertz CT molecular complexity index is 1180. The molecule has 0 amide bonds. The summed E-state index contributed by atoms with van der Waals surface area (Å²) in [4.78, 5) is 6.38. The van der Waals surface area contributed by atoms with Gasteiger partial charge in [-0.2, -0.15) is 11.5 Å². The van der Waals surface area contributed by atoms with E-state index in [0.29, 0.717) is 46.2 Å². The third-order valence-electron chi connectivity index (χ3n) is 7.55. The van der Waals surface area contributed by atoms with Crippen LogP contribution < -0.4 is 15.0 Å². The summed E-state index contributed by atoms with van der Waals surface area (Å²) >= 11 is 0. The molecule has 2 aliphatic rings. The Hall–Kier alpha value is -1.97. The average molecular weight is 818 g/mol. The number of rotatable bonds is 15. The molecule has 1 fully saturated rings. The Balaban J connectivity index is 0.00000253. The summed E-state index contributed by atoms with van der Waals surface area (Å²) in [5.41, 5.74) is 4.57. The maximum absolute atomic E-state index is 6.65. The molecule has 3 aromatic rings. The van der Waals surface area contributed by atoms with Gasteiger partial charge in [0.15, 0.2) is 0 Å². The fourth-order valence-electron chi connectivity index (χ4n) is 5.46. The van der Waals surface area contributed by atoms with Crippen molar-refractivity contribution >= 4 is 5.69 Å². The fourth-order valence-corrected chi connectivity index (χ4v) is 5.46. The molecule has 0 bridgehead atoms. The van der Waals surface area contributed by atoms with Crippen LogP contribution in [-0.4, -0.2) is 86.7 Å². The Morgan fingerprint density at radius 2 is 1.77 bits per heavy atom. The minimum Gasteiger partial charge on any atom is -0.490 e. The molecule has 1 saturated heterocycles. The van der Waals surface area contributed by atoms with Crippen molar-refractivity contribution in [2.45, 2.75) is 44.3 Å². The second-order valence-corrected chi connectivity index (χ2v) is 10.4. The number of fused-ring (bicyclic) bond motifs is 1. The van der Waals surface area contributed by atoms with Gasteiger partial charge in [0.2, 0.25) is 0 Å². The Kier molecular flexibility index (Phi) is 15.5. The number of hydrogen-bond donors (Lipinski definition) is 1. The van der Waals surface area contributed by atoms with Gasteiger partial charge in [-0.3, -0.25) is 4.68 Å². The molecule has 0 saturated carbocycles. The Morgan fingerprint density at radius 1 is 0.977 bits per heavy atom. The van der Waals surface area contributed by atoms with Crippen molar-refractivity contribution in [3.8, 4) is 5.75 Å². The second-order valence-electron chi connectivity index (χ2n) is 10.4. The molecule has 3 atom stereocenters. The van der Waals surface area contributed by atoms with Gasteiger partial charge in [0.25, 0.3) is 0 Å². The van der Waals surface area contributed by atoms with Crippen LogP contribution in [-0.2, 0) is 38.7 Å². The summed E-state index contributed by atoms with van der Waals surface area (Å²) in [6, 6.07) is 15.0. The van der Waals surface area contributed by atoms with Gasteiger partial charge in [-0.15, -0.1) is 0 Å². The van der Waals surface area contributed by atoms with E-state index in [0.717, 1.165) is 55.2 Å². The molecule has 1 N–H and O–H groups in total. The zero-order valence-electron chi connectivity index (χ0n) is 25.5. The quantitative estimate of drug-likeness (QED) is 0.183. The third kappa shape index (κ3) is 10.0. The number of piperidine rings is 1. The largest absolute Gasteiger partial charge is 2.00 e. The summed E-state index contributed by atoms with van der Waals surface area (Å²) < 4.78 is 31.6. The van der Waals surface area contributed by atoms with Crippen molar-refractivity contribution in [2.75, 3.05) is 64.6 Å². The summed E-state index contributed by atoms with van der Waals surface area (Å²) in [5, 5.41) is 7.73. The maximum Gasteiger partial charge on any atom is 2.00 e. The Morgan fingerprint density at radius 3 is 2.51 bits per heavy atom. The summed E-state index contributed by atoms with van der Waals surface area (Å²) in [6.07, 6.45) is 3.99. The second kappa shape index (κ2) is 18.8. The summed E-state index contributed by atoms with van der Waals surface area (Å²) in [5.74, 6) is 0.997. The van der Waals surface area contributed by atoms with Gasteiger partial charge in [-0.05, 0) is 35.4 Å². The number of ether oxygens (including phenoxy) is 5. The van der Waals surface area contributed by atoms with Crippen LogP contribution in [0.4, 0.5) is 5.69 Å². The van der Waals surface area contributed by atoms with Crippen LogP contribution >= 0.6 is 0 Å². The van der Waals surface area contributed by atoms with Crippen molar-refractivity contribution in [2.24, 2.45) is 0 Å². The van der Waals surface area contributed by atoms with E-state index >= 15 is 0 Å². The number of nitrogens with one attached hydrogen (secondary N) is 1. The molecule has 0 spiro atoms. The van der Waals surface area contributed by atoms with Crippen molar-refractivity contribution in [1.82, 2.24) is 20.1 Å². The average Bonchev–Trinajstić information content (AvgIpc) is 3.53. The van der Waals surface area contributed by atoms with Gasteiger partial charge >= 0.3 is 31.1 Å². The standard InChI is InChI=1S/C31H42N5O5.CH3.U/c1-3-10-35-11-13-39-28-9-6-25(17-27(28)35)21-41-30-19-32-18-29(40-14-12-36-23-33-22-34-36)31(30)26-7-4-24(5-8-26)20-38-16-15-37-2;;/h4-9,17,22-23,29-32H,1,3,10-16,18-21H2,2H3;1H3;/q2*-1;+2/t29-,30+,31?;;/m1../s1. The molecule has 1 aromatic heterocycles.